The largest absolute Gasteiger partial charge is 0.463 e. The third-order valence-electron chi connectivity index (χ3n) is 1.48. The van der Waals surface area contributed by atoms with Gasteiger partial charge in [-0.15, -0.1) is 0 Å². The highest BCUT2D eigenvalue weighted by Gasteiger charge is 2.63. The number of halogens is 6. The van der Waals surface area contributed by atoms with Gasteiger partial charge < -0.3 is 5.32 Å². The molecule has 0 spiro atoms. The summed E-state index contributed by atoms with van der Waals surface area (Å²) in [4.78, 5) is 21.1. The summed E-state index contributed by atoms with van der Waals surface area (Å²) in [5.41, 5.74) is 0. The van der Waals surface area contributed by atoms with Crippen molar-refractivity contribution in [1.29, 1.82) is 0 Å². The Morgan fingerprint density at radius 3 is 2.00 bits per heavy atom. The van der Waals surface area contributed by atoms with Crippen LogP contribution in [0.25, 0.3) is 0 Å². The minimum atomic E-state index is -5.93. The molecule has 0 atom stereocenters. The maximum absolute atomic E-state index is 12.3. The van der Waals surface area contributed by atoms with Crippen LogP contribution in [-0.4, -0.2) is 35.7 Å². The number of carbonyl (C=O) groups excluding carboxylic acids is 2. The van der Waals surface area contributed by atoms with Crippen LogP contribution in [0, 0.1) is 0 Å². The molecular weight excluding hydrogens is 305 g/mol. The SMILES string of the molecule is O=C(CBr)CCNC(=O)C(F)(F)C(F)(F)F. The summed E-state index contributed by atoms with van der Waals surface area (Å²) < 4.78 is 59.6. The molecule has 1 amide bonds. The monoisotopic (exact) mass is 311 g/mol. The van der Waals surface area contributed by atoms with E-state index in [0.717, 1.165) is 0 Å². The molecule has 0 bridgehead atoms. The minimum absolute atomic E-state index is 0.0570. The van der Waals surface area contributed by atoms with Crippen molar-refractivity contribution in [3.05, 3.63) is 0 Å². The Kier molecular flexibility index (Phi) is 5.30. The number of carbonyl (C=O) groups is 2. The topological polar surface area (TPSA) is 46.2 Å². The zero-order chi connectivity index (χ0) is 13.0. The third kappa shape index (κ3) is 4.03. The van der Waals surface area contributed by atoms with Gasteiger partial charge in [-0.3, -0.25) is 9.59 Å². The van der Waals surface area contributed by atoms with Gasteiger partial charge in [-0.05, 0) is 0 Å². The molecule has 0 aromatic rings. The molecule has 0 unspecified atom stereocenters. The van der Waals surface area contributed by atoms with Gasteiger partial charge in [-0.25, -0.2) is 0 Å². The van der Waals surface area contributed by atoms with Crippen LogP contribution >= 0.6 is 15.9 Å². The fourth-order valence-electron chi connectivity index (χ4n) is 0.622. The van der Waals surface area contributed by atoms with Gasteiger partial charge in [-0.1, -0.05) is 15.9 Å². The molecule has 3 nitrogen and oxygen atoms in total. The highest BCUT2D eigenvalue weighted by molar-refractivity contribution is 9.09. The molecule has 9 heteroatoms. The van der Waals surface area contributed by atoms with E-state index in [0.29, 0.717) is 0 Å². The molecule has 0 radical (unpaired) electrons. The summed E-state index contributed by atoms with van der Waals surface area (Å²) in [6.07, 6.45) is -6.25. The van der Waals surface area contributed by atoms with Crippen LogP contribution in [0.4, 0.5) is 22.0 Å². The zero-order valence-electron chi connectivity index (χ0n) is 7.71. The first-order valence-electron chi connectivity index (χ1n) is 3.93. The van der Waals surface area contributed by atoms with E-state index in [1.165, 1.54) is 5.32 Å². The van der Waals surface area contributed by atoms with E-state index in [4.69, 9.17) is 0 Å². The second kappa shape index (κ2) is 5.55. The molecular formula is C7H7BrF5NO2. The predicted molar refractivity (Wildman–Crippen MR) is 47.4 cm³/mol. The molecule has 94 valence electrons. The summed E-state index contributed by atoms with van der Waals surface area (Å²) in [5, 5.41) is 1.29. The molecule has 0 rings (SSSR count). The Balaban J connectivity index is 4.22. The van der Waals surface area contributed by atoms with E-state index in [-0.39, 0.29) is 11.8 Å². The van der Waals surface area contributed by atoms with Gasteiger partial charge >= 0.3 is 12.1 Å². The lowest BCUT2D eigenvalue weighted by Gasteiger charge is -2.18. The van der Waals surface area contributed by atoms with Crippen LogP contribution in [-0.2, 0) is 9.59 Å². The lowest BCUT2D eigenvalue weighted by Crippen LogP contribution is -2.50. The first kappa shape index (κ1) is 15.3. The van der Waals surface area contributed by atoms with E-state index in [2.05, 4.69) is 15.9 Å². The van der Waals surface area contributed by atoms with Crippen molar-refractivity contribution in [2.75, 3.05) is 11.9 Å². The molecule has 1 N–H and O–H groups in total. The molecule has 0 fully saturated rings. The molecule has 16 heavy (non-hydrogen) atoms. The minimum Gasteiger partial charge on any atom is -0.350 e. The standard InChI is InChI=1S/C7H7BrF5NO2/c8-3-4(15)1-2-14-5(16)6(9,10)7(11,12)13/h1-3H2,(H,14,16). The summed E-state index contributed by atoms with van der Waals surface area (Å²) in [6, 6.07) is 0. The number of amides is 1. The van der Waals surface area contributed by atoms with Crippen molar-refractivity contribution in [2.24, 2.45) is 0 Å². The number of ketones is 1. The highest BCUT2D eigenvalue weighted by atomic mass is 79.9. The van der Waals surface area contributed by atoms with E-state index in [1.54, 1.807) is 0 Å². The van der Waals surface area contributed by atoms with E-state index >= 15 is 0 Å². The number of hydrogen-bond donors (Lipinski definition) is 1. The van der Waals surface area contributed by atoms with E-state index in [9.17, 15) is 31.5 Å². The van der Waals surface area contributed by atoms with Gasteiger partial charge in [-0.2, -0.15) is 22.0 Å². The Morgan fingerprint density at radius 1 is 1.12 bits per heavy atom. The van der Waals surface area contributed by atoms with Crippen LogP contribution in [0.1, 0.15) is 6.42 Å². The van der Waals surface area contributed by atoms with Crippen molar-refractivity contribution in [2.45, 2.75) is 18.5 Å². The van der Waals surface area contributed by atoms with Crippen molar-refractivity contribution < 1.29 is 31.5 Å². The normalized spacial score (nSPS) is 12.4. The Hall–Kier alpha value is -0.730. The molecule has 0 aliphatic heterocycles. The summed E-state index contributed by atoms with van der Waals surface area (Å²) >= 11 is 2.76. The molecule has 0 aliphatic carbocycles. The average Bonchev–Trinajstić information content (AvgIpc) is 2.15. The van der Waals surface area contributed by atoms with Crippen LogP contribution < -0.4 is 5.32 Å². The number of hydrogen-bond acceptors (Lipinski definition) is 2. The van der Waals surface area contributed by atoms with E-state index in [1.807, 2.05) is 0 Å². The lowest BCUT2D eigenvalue weighted by molar-refractivity contribution is -0.269. The molecule has 0 saturated heterocycles. The van der Waals surface area contributed by atoms with Crippen molar-refractivity contribution >= 4 is 27.6 Å². The molecule has 0 aliphatic rings. The number of Topliss-reactive ketones (excluding diaryl/α,β-unsaturated/α-hetero) is 1. The second-order valence-electron chi connectivity index (χ2n) is 2.75. The van der Waals surface area contributed by atoms with Gasteiger partial charge in [0.15, 0.2) is 0 Å². The predicted octanol–water partition coefficient (Wildman–Crippen LogP) is 1.65. The van der Waals surface area contributed by atoms with E-state index < -0.39 is 30.3 Å². The molecule has 0 aromatic carbocycles. The molecule has 0 aromatic heterocycles. The highest BCUT2D eigenvalue weighted by Crippen LogP contribution is 2.35. The lowest BCUT2D eigenvalue weighted by atomic mass is 10.2. The smallest absolute Gasteiger partial charge is 0.350 e. The fourth-order valence-corrected chi connectivity index (χ4v) is 0.902. The van der Waals surface area contributed by atoms with Crippen molar-refractivity contribution in [3.63, 3.8) is 0 Å². The first-order valence-corrected chi connectivity index (χ1v) is 5.05. The Labute approximate surface area is 95.5 Å². The quantitative estimate of drug-likeness (QED) is 0.620. The van der Waals surface area contributed by atoms with Gasteiger partial charge in [0, 0.05) is 13.0 Å². The maximum Gasteiger partial charge on any atom is 0.463 e. The van der Waals surface area contributed by atoms with Crippen LogP contribution in [0.3, 0.4) is 0 Å². The van der Waals surface area contributed by atoms with Crippen LogP contribution in [0.5, 0.6) is 0 Å². The van der Waals surface area contributed by atoms with Gasteiger partial charge in [0.2, 0.25) is 0 Å². The Bertz CT molecular complexity index is 278. The third-order valence-corrected chi connectivity index (χ3v) is 2.11. The average molecular weight is 312 g/mol. The van der Waals surface area contributed by atoms with Crippen molar-refractivity contribution in [1.82, 2.24) is 5.32 Å². The second-order valence-corrected chi connectivity index (χ2v) is 3.31. The van der Waals surface area contributed by atoms with Crippen LogP contribution in [0.15, 0.2) is 0 Å². The number of nitrogens with one attached hydrogen (secondary N) is 1. The van der Waals surface area contributed by atoms with Gasteiger partial charge in [0.05, 0.1) is 5.33 Å². The maximum atomic E-state index is 12.3. The fraction of sp³-hybridized carbons (Fsp3) is 0.714. The zero-order valence-corrected chi connectivity index (χ0v) is 9.29. The van der Waals surface area contributed by atoms with Crippen LogP contribution in [0.2, 0.25) is 0 Å². The van der Waals surface area contributed by atoms with Gasteiger partial charge in [0.25, 0.3) is 5.91 Å². The summed E-state index contributed by atoms with van der Waals surface area (Å²) in [7, 11) is 0. The summed E-state index contributed by atoms with van der Waals surface area (Å²) in [5.74, 6) is -8.32. The number of alkyl halides is 6. The summed E-state index contributed by atoms with van der Waals surface area (Å²) in [6.45, 7) is -0.561. The number of rotatable bonds is 5. The Morgan fingerprint density at radius 2 is 1.62 bits per heavy atom. The van der Waals surface area contributed by atoms with Crippen molar-refractivity contribution in [3.8, 4) is 0 Å². The molecule has 0 saturated carbocycles. The first-order chi connectivity index (χ1) is 7.13. The molecule has 0 heterocycles. The van der Waals surface area contributed by atoms with Gasteiger partial charge in [0.1, 0.15) is 5.78 Å².